The van der Waals surface area contributed by atoms with Crippen molar-refractivity contribution in [2.24, 2.45) is 0 Å². The molecule has 1 fully saturated rings. The van der Waals surface area contributed by atoms with Gasteiger partial charge in [-0.15, -0.1) is 0 Å². The molecule has 0 aromatic heterocycles. The first-order valence-corrected chi connectivity index (χ1v) is 5.76. The lowest BCUT2D eigenvalue weighted by atomic mass is 10.2. The van der Waals surface area contributed by atoms with Crippen LogP contribution < -0.4 is 5.32 Å². The van der Waals surface area contributed by atoms with Crippen LogP contribution in [0, 0.1) is 0 Å². The third kappa shape index (κ3) is 2.63. The Kier molecular flexibility index (Phi) is 4.23. The number of hydrogen-bond acceptors (Lipinski definition) is 1. The van der Waals surface area contributed by atoms with E-state index in [1.54, 1.807) is 0 Å². The molecular formula is C11H22N2O. The van der Waals surface area contributed by atoms with Gasteiger partial charge in [0.15, 0.2) is 0 Å². The van der Waals surface area contributed by atoms with Gasteiger partial charge in [0.05, 0.1) is 0 Å². The van der Waals surface area contributed by atoms with E-state index < -0.39 is 0 Å². The van der Waals surface area contributed by atoms with Gasteiger partial charge in [-0.1, -0.05) is 13.8 Å². The molecule has 0 radical (unpaired) electrons. The van der Waals surface area contributed by atoms with Crippen LogP contribution >= 0.6 is 0 Å². The van der Waals surface area contributed by atoms with Crippen LogP contribution in [0.3, 0.4) is 0 Å². The molecule has 0 bridgehead atoms. The first-order valence-electron chi connectivity index (χ1n) is 5.76. The number of amides is 2. The number of nitrogens with zero attached hydrogens (tertiary/aromatic N) is 1. The van der Waals surface area contributed by atoms with Crippen LogP contribution in [0.1, 0.15) is 46.5 Å². The molecule has 2 amide bonds. The molecule has 1 N–H and O–H groups in total. The number of rotatable bonds is 3. The predicted octanol–water partition coefficient (Wildman–Crippen LogP) is 2.37. The van der Waals surface area contributed by atoms with Gasteiger partial charge in [-0.2, -0.15) is 0 Å². The highest BCUT2D eigenvalue weighted by Gasteiger charge is 2.27. The molecule has 2 atom stereocenters. The smallest absolute Gasteiger partial charge is 0.317 e. The lowest BCUT2D eigenvalue weighted by molar-refractivity contribution is 0.188. The second-order valence-corrected chi connectivity index (χ2v) is 4.16. The lowest BCUT2D eigenvalue weighted by Crippen LogP contribution is -2.45. The Morgan fingerprint density at radius 2 is 2.29 bits per heavy atom. The molecule has 0 aromatic carbocycles. The van der Waals surface area contributed by atoms with Crippen LogP contribution in [-0.2, 0) is 0 Å². The van der Waals surface area contributed by atoms with Crippen molar-refractivity contribution in [2.45, 2.75) is 58.5 Å². The normalized spacial score (nSPS) is 23.6. The molecule has 3 heteroatoms. The Bertz CT molecular complexity index is 194. The number of carbonyl (C=O) groups excluding carboxylic acids is 1. The third-order valence-electron chi connectivity index (χ3n) is 3.09. The van der Waals surface area contributed by atoms with Crippen molar-refractivity contribution in [2.75, 3.05) is 6.54 Å². The summed E-state index contributed by atoms with van der Waals surface area (Å²) in [6.45, 7) is 7.22. The summed E-state index contributed by atoms with van der Waals surface area (Å²) < 4.78 is 0. The van der Waals surface area contributed by atoms with Gasteiger partial charge in [-0.05, 0) is 32.6 Å². The summed E-state index contributed by atoms with van der Waals surface area (Å²) in [5.74, 6) is 0. The van der Waals surface area contributed by atoms with Crippen molar-refractivity contribution in [3.05, 3.63) is 0 Å². The second kappa shape index (κ2) is 5.23. The van der Waals surface area contributed by atoms with E-state index in [2.05, 4.69) is 26.1 Å². The maximum absolute atomic E-state index is 11.8. The van der Waals surface area contributed by atoms with E-state index in [0.29, 0.717) is 12.1 Å². The fourth-order valence-electron chi connectivity index (χ4n) is 1.92. The first-order chi connectivity index (χ1) is 6.69. The Balaban J connectivity index is 2.43. The number of carbonyl (C=O) groups is 1. The quantitative estimate of drug-likeness (QED) is 0.742. The van der Waals surface area contributed by atoms with E-state index in [0.717, 1.165) is 25.8 Å². The van der Waals surface area contributed by atoms with Gasteiger partial charge < -0.3 is 10.2 Å². The summed E-state index contributed by atoms with van der Waals surface area (Å²) in [7, 11) is 0. The molecule has 0 saturated carbocycles. The van der Waals surface area contributed by atoms with Gasteiger partial charge >= 0.3 is 6.03 Å². The van der Waals surface area contributed by atoms with Crippen molar-refractivity contribution < 1.29 is 4.79 Å². The maximum Gasteiger partial charge on any atom is 0.317 e. The van der Waals surface area contributed by atoms with E-state index in [4.69, 9.17) is 0 Å². The summed E-state index contributed by atoms with van der Waals surface area (Å²) in [4.78, 5) is 13.8. The molecule has 2 unspecified atom stereocenters. The van der Waals surface area contributed by atoms with Crippen molar-refractivity contribution in [1.82, 2.24) is 10.2 Å². The zero-order valence-corrected chi connectivity index (χ0v) is 9.55. The Morgan fingerprint density at radius 3 is 2.86 bits per heavy atom. The van der Waals surface area contributed by atoms with E-state index >= 15 is 0 Å². The molecule has 1 heterocycles. The molecule has 0 aromatic rings. The molecule has 1 aliphatic heterocycles. The minimum atomic E-state index is 0.128. The molecule has 14 heavy (non-hydrogen) atoms. The van der Waals surface area contributed by atoms with Crippen LogP contribution in [0.2, 0.25) is 0 Å². The van der Waals surface area contributed by atoms with Crippen molar-refractivity contribution in [3.63, 3.8) is 0 Å². The highest BCUT2D eigenvalue weighted by Crippen LogP contribution is 2.19. The van der Waals surface area contributed by atoms with E-state index in [-0.39, 0.29) is 6.03 Å². The van der Waals surface area contributed by atoms with Crippen LogP contribution in [0.5, 0.6) is 0 Å². The topological polar surface area (TPSA) is 32.3 Å². The average Bonchev–Trinajstić information content (AvgIpc) is 2.65. The van der Waals surface area contributed by atoms with E-state index in [1.165, 1.54) is 6.42 Å². The third-order valence-corrected chi connectivity index (χ3v) is 3.09. The number of urea groups is 1. The predicted molar refractivity (Wildman–Crippen MR) is 58.3 cm³/mol. The van der Waals surface area contributed by atoms with Gasteiger partial charge in [0.2, 0.25) is 0 Å². The molecule has 1 saturated heterocycles. The molecule has 0 aliphatic carbocycles. The van der Waals surface area contributed by atoms with Gasteiger partial charge in [0.25, 0.3) is 0 Å². The van der Waals surface area contributed by atoms with Crippen LogP contribution in [0.15, 0.2) is 0 Å². The summed E-state index contributed by atoms with van der Waals surface area (Å²) in [5.41, 5.74) is 0. The summed E-state index contributed by atoms with van der Waals surface area (Å²) in [5, 5.41) is 3.02. The zero-order valence-electron chi connectivity index (χ0n) is 9.55. The van der Waals surface area contributed by atoms with Crippen LogP contribution in [0.4, 0.5) is 4.79 Å². The lowest BCUT2D eigenvalue weighted by Gasteiger charge is -2.25. The van der Waals surface area contributed by atoms with Crippen molar-refractivity contribution >= 4 is 6.03 Å². The molecule has 0 spiro atoms. The Labute approximate surface area is 86.9 Å². The largest absolute Gasteiger partial charge is 0.336 e. The standard InChI is InChI=1S/C11H22N2O/c1-4-9(3)12-11(14)13-8-6-7-10(13)5-2/h9-10H,4-8H2,1-3H3,(H,12,14). The summed E-state index contributed by atoms with van der Waals surface area (Å²) in [6.07, 6.45) is 4.40. The Hall–Kier alpha value is -0.730. The minimum absolute atomic E-state index is 0.128. The number of hydrogen-bond donors (Lipinski definition) is 1. The van der Waals surface area contributed by atoms with E-state index in [1.807, 2.05) is 4.90 Å². The van der Waals surface area contributed by atoms with Gasteiger partial charge in [0.1, 0.15) is 0 Å². The van der Waals surface area contributed by atoms with Gasteiger partial charge in [-0.3, -0.25) is 0 Å². The summed E-state index contributed by atoms with van der Waals surface area (Å²) in [6, 6.07) is 0.892. The average molecular weight is 198 g/mol. The fraction of sp³-hybridized carbons (Fsp3) is 0.909. The molecule has 82 valence electrons. The van der Waals surface area contributed by atoms with Crippen molar-refractivity contribution in [3.8, 4) is 0 Å². The molecular weight excluding hydrogens is 176 g/mol. The fourth-order valence-corrected chi connectivity index (χ4v) is 1.92. The Morgan fingerprint density at radius 1 is 1.57 bits per heavy atom. The van der Waals surface area contributed by atoms with E-state index in [9.17, 15) is 4.79 Å². The highest BCUT2D eigenvalue weighted by molar-refractivity contribution is 5.75. The minimum Gasteiger partial charge on any atom is -0.336 e. The first kappa shape index (κ1) is 11.3. The summed E-state index contributed by atoms with van der Waals surface area (Å²) >= 11 is 0. The SMILES string of the molecule is CCC(C)NC(=O)N1CCCC1CC. The second-order valence-electron chi connectivity index (χ2n) is 4.16. The molecule has 3 nitrogen and oxygen atoms in total. The maximum atomic E-state index is 11.8. The number of likely N-dealkylation sites (tertiary alicyclic amines) is 1. The van der Waals surface area contributed by atoms with Gasteiger partial charge in [0, 0.05) is 18.6 Å². The molecule has 1 rings (SSSR count). The van der Waals surface area contributed by atoms with Crippen LogP contribution in [0.25, 0.3) is 0 Å². The van der Waals surface area contributed by atoms with Gasteiger partial charge in [-0.25, -0.2) is 4.79 Å². The van der Waals surface area contributed by atoms with Crippen LogP contribution in [-0.4, -0.2) is 29.6 Å². The highest BCUT2D eigenvalue weighted by atomic mass is 16.2. The number of nitrogens with one attached hydrogen (secondary N) is 1. The van der Waals surface area contributed by atoms with Crippen molar-refractivity contribution in [1.29, 1.82) is 0 Å². The monoisotopic (exact) mass is 198 g/mol. The zero-order chi connectivity index (χ0) is 10.6. The molecule has 1 aliphatic rings.